The normalized spacial score (nSPS) is 11.5. The van der Waals surface area contributed by atoms with Crippen LogP contribution >= 0.6 is 0 Å². The average molecular weight is 309 g/mol. The standard InChI is InChI=1S/C13H19N5O2S/c1-10-8-17-18(9-10)6-5-16-13-4-3-11(7-12(13)14)21(19,20)15-2/h3-4,7-9,15-16H,5-6,14H2,1-2H3. The maximum absolute atomic E-state index is 11.7. The molecular formula is C13H19N5O2S. The SMILES string of the molecule is CNS(=O)(=O)c1ccc(NCCn2cc(C)cn2)c(N)c1. The van der Waals surface area contributed by atoms with E-state index in [0.29, 0.717) is 24.5 Å². The number of nitrogens with two attached hydrogens (primary N) is 1. The lowest BCUT2D eigenvalue weighted by atomic mass is 10.2. The van der Waals surface area contributed by atoms with Gasteiger partial charge in [0.1, 0.15) is 0 Å². The van der Waals surface area contributed by atoms with Gasteiger partial charge in [-0.15, -0.1) is 0 Å². The second-order valence-electron chi connectivity index (χ2n) is 4.66. The molecule has 1 aromatic carbocycles. The Labute approximate surface area is 124 Å². The quantitative estimate of drug-likeness (QED) is 0.685. The number of sulfonamides is 1. The summed E-state index contributed by atoms with van der Waals surface area (Å²) in [5.74, 6) is 0. The topological polar surface area (TPSA) is 102 Å². The van der Waals surface area contributed by atoms with E-state index in [4.69, 9.17) is 5.73 Å². The number of benzene rings is 1. The number of anilines is 2. The van der Waals surface area contributed by atoms with Gasteiger partial charge in [0.2, 0.25) is 10.0 Å². The van der Waals surface area contributed by atoms with Crippen molar-refractivity contribution in [1.82, 2.24) is 14.5 Å². The molecule has 0 unspecified atom stereocenters. The van der Waals surface area contributed by atoms with Crippen LogP contribution in [0.5, 0.6) is 0 Å². The maximum Gasteiger partial charge on any atom is 0.240 e. The molecule has 0 atom stereocenters. The molecule has 1 aromatic heterocycles. The highest BCUT2D eigenvalue weighted by Gasteiger charge is 2.12. The molecule has 0 bridgehead atoms. The molecule has 0 fully saturated rings. The van der Waals surface area contributed by atoms with Crippen molar-refractivity contribution in [2.45, 2.75) is 18.4 Å². The van der Waals surface area contributed by atoms with Gasteiger partial charge >= 0.3 is 0 Å². The van der Waals surface area contributed by atoms with Crippen LogP contribution in [0, 0.1) is 6.92 Å². The average Bonchev–Trinajstić information content (AvgIpc) is 2.86. The minimum Gasteiger partial charge on any atom is -0.397 e. The molecule has 7 nitrogen and oxygen atoms in total. The summed E-state index contributed by atoms with van der Waals surface area (Å²) in [6, 6.07) is 4.61. The van der Waals surface area contributed by atoms with Crippen LogP contribution in [-0.4, -0.2) is 31.8 Å². The van der Waals surface area contributed by atoms with Gasteiger partial charge in [0, 0.05) is 12.7 Å². The fourth-order valence-corrected chi connectivity index (χ4v) is 2.65. The van der Waals surface area contributed by atoms with Crippen molar-refractivity contribution in [2.24, 2.45) is 0 Å². The third kappa shape index (κ3) is 3.73. The molecule has 0 aliphatic rings. The van der Waals surface area contributed by atoms with Crippen LogP contribution in [0.1, 0.15) is 5.56 Å². The molecule has 1 heterocycles. The lowest BCUT2D eigenvalue weighted by molar-refractivity contribution is 0.588. The van der Waals surface area contributed by atoms with Gasteiger partial charge in [-0.05, 0) is 37.7 Å². The number of aromatic nitrogens is 2. The molecule has 0 saturated carbocycles. The van der Waals surface area contributed by atoms with E-state index in [1.54, 1.807) is 12.3 Å². The number of nitrogens with zero attached hydrogens (tertiary/aromatic N) is 2. The van der Waals surface area contributed by atoms with Crippen LogP contribution in [0.2, 0.25) is 0 Å². The van der Waals surface area contributed by atoms with Gasteiger partial charge in [-0.1, -0.05) is 0 Å². The van der Waals surface area contributed by atoms with Gasteiger partial charge in [-0.25, -0.2) is 13.1 Å². The number of aryl methyl sites for hydroxylation is 1. The molecule has 21 heavy (non-hydrogen) atoms. The van der Waals surface area contributed by atoms with Crippen molar-refractivity contribution in [1.29, 1.82) is 0 Å². The lowest BCUT2D eigenvalue weighted by Crippen LogP contribution is -2.19. The zero-order chi connectivity index (χ0) is 15.5. The summed E-state index contributed by atoms with van der Waals surface area (Å²) in [4.78, 5) is 0.149. The highest BCUT2D eigenvalue weighted by atomic mass is 32.2. The molecule has 0 amide bonds. The van der Waals surface area contributed by atoms with E-state index in [9.17, 15) is 8.42 Å². The monoisotopic (exact) mass is 309 g/mol. The van der Waals surface area contributed by atoms with E-state index in [1.807, 2.05) is 17.8 Å². The van der Waals surface area contributed by atoms with Gasteiger partial charge in [0.05, 0.1) is 29.0 Å². The van der Waals surface area contributed by atoms with Gasteiger partial charge < -0.3 is 11.1 Å². The van der Waals surface area contributed by atoms with Crippen molar-refractivity contribution >= 4 is 21.4 Å². The Morgan fingerprint density at radius 1 is 1.38 bits per heavy atom. The van der Waals surface area contributed by atoms with Gasteiger partial charge in [-0.2, -0.15) is 5.10 Å². The summed E-state index contributed by atoms with van der Waals surface area (Å²) in [7, 11) is -2.11. The smallest absolute Gasteiger partial charge is 0.240 e. The van der Waals surface area contributed by atoms with E-state index in [-0.39, 0.29) is 4.90 Å². The summed E-state index contributed by atoms with van der Waals surface area (Å²) < 4.78 is 27.4. The molecule has 0 spiro atoms. The third-order valence-electron chi connectivity index (χ3n) is 3.02. The predicted molar refractivity (Wildman–Crippen MR) is 82.6 cm³/mol. The number of hydrogen-bond acceptors (Lipinski definition) is 5. The zero-order valence-electron chi connectivity index (χ0n) is 12.0. The van der Waals surface area contributed by atoms with E-state index >= 15 is 0 Å². The summed E-state index contributed by atoms with van der Waals surface area (Å²) in [6.45, 7) is 3.32. The summed E-state index contributed by atoms with van der Waals surface area (Å²) >= 11 is 0. The molecular weight excluding hydrogens is 290 g/mol. The first-order chi connectivity index (χ1) is 9.92. The Balaban J connectivity index is 2.01. The summed E-state index contributed by atoms with van der Waals surface area (Å²) in [6.07, 6.45) is 3.75. The first kappa shape index (κ1) is 15.3. The fraction of sp³-hybridized carbons (Fsp3) is 0.308. The van der Waals surface area contributed by atoms with E-state index in [1.165, 1.54) is 19.2 Å². The number of nitrogen functional groups attached to an aromatic ring is 1. The molecule has 114 valence electrons. The van der Waals surface area contributed by atoms with Gasteiger partial charge in [0.15, 0.2) is 0 Å². The first-order valence-corrected chi connectivity index (χ1v) is 7.96. The third-order valence-corrected chi connectivity index (χ3v) is 4.43. The first-order valence-electron chi connectivity index (χ1n) is 6.48. The van der Waals surface area contributed by atoms with Crippen LogP contribution in [0.25, 0.3) is 0 Å². The van der Waals surface area contributed by atoms with Gasteiger partial charge in [-0.3, -0.25) is 4.68 Å². The minimum atomic E-state index is -3.47. The van der Waals surface area contributed by atoms with Crippen LogP contribution in [0.3, 0.4) is 0 Å². The number of hydrogen-bond donors (Lipinski definition) is 3. The van der Waals surface area contributed by atoms with Crippen molar-refractivity contribution in [2.75, 3.05) is 24.6 Å². The van der Waals surface area contributed by atoms with Crippen LogP contribution in [0.4, 0.5) is 11.4 Å². The minimum absolute atomic E-state index is 0.149. The molecule has 0 aliphatic carbocycles. The van der Waals surface area contributed by atoms with Crippen molar-refractivity contribution < 1.29 is 8.42 Å². The van der Waals surface area contributed by atoms with E-state index < -0.39 is 10.0 Å². The van der Waals surface area contributed by atoms with E-state index in [2.05, 4.69) is 15.1 Å². The molecule has 0 aliphatic heterocycles. The van der Waals surface area contributed by atoms with Crippen molar-refractivity contribution in [3.8, 4) is 0 Å². The molecule has 8 heteroatoms. The summed E-state index contributed by atoms with van der Waals surface area (Å²) in [5.41, 5.74) is 8.08. The lowest BCUT2D eigenvalue weighted by Gasteiger charge is -2.11. The Morgan fingerprint density at radius 2 is 2.14 bits per heavy atom. The Hall–Kier alpha value is -2.06. The van der Waals surface area contributed by atoms with Crippen molar-refractivity contribution in [3.63, 3.8) is 0 Å². The fourth-order valence-electron chi connectivity index (χ4n) is 1.88. The Bertz CT molecular complexity index is 724. The van der Waals surface area contributed by atoms with Gasteiger partial charge in [0.25, 0.3) is 0 Å². The molecule has 0 saturated heterocycles. The van der Waals surface area contributed by atoms with Crippen LogP contribution < -0.4 is 15.8 Å². The highest BCUT2D eigenvalue weighted by molar-refractivity contribution is 7.89. The number of rotatable bonds is 6. The summed E-state index contributed by atoms with van der Waals surface area (Å²) in [5, 5.41) is 7.35. The number of nitrogens with one attached hydrogen (secondary N) is 2. The van der Waals surface area contributed by atoms with Crippen LogP contribution in [-0.2, 0) is 16.6 Å². The van der Waals surface area contributed by atoms with Crippen molar-refractivity contribution in [3.05, 3.63) is 36.2 Å². The maximum atomic E-state index is 11.7. The Morgan fingerprint density at radius 3 is 2.71 bits per heavy atom. The second kappa shape index (κ2) is 6.15. The predicted octanol–water partition coefficient (Wildman–Crippen LogP) is 0.794. The second-order valence-corrected chi connectivity index (χ2v) is 6.55. The molecule has 0 radical (unpaired) electrons. The van der Waals surface area contributed by atoms with Crippen LogP contribution in [0.15, 0.2) is 35.5 Å². The van der Waals surface area contributed by atoms with E-state index in [0.717, 1.165) is 5.56 Å². The Kier molecular flexibility index (Phi) is 4.49. The zero-order valence-corrected chi connectivity index (χ0v) is 12.8. The highest BCUT2D eigenvalue weighted by Crippen LogP contribution is 2.22. The molecule has 2 rings (SSSR count). The molecule has 4 N–H and O–H groups in total. The molecule has 2 aromatic rings. The largest absolute Gasteiger partial charge is 0.397 e.